The van der Waals surface area contributed by atoms with E-state index in [0.717, 1.165) is 3.63 Å². The maximum absolute atomic E-state index is 2.50. The molecule has 0 aliphatic heterocycles. The van der Waals surface area contributed by atoms with Gasteiger partial charge >= 0.3 is 139 Å². The summed E-state index contributed by atoms with van der Waals surface area (Å²) in [4.78, 5) is 0. The van der Waals surface area contributed by atoms with Crippen LogP contribution < -0.4 is 12.4 Å². The zero-order chi connectivity index (χ0) is 15.0. The summed E-state index contributed by atoms with van der Waals surface area (Å²) in [5.41, 5.74) is 6.50. The van der Waals surface area contributed by atoms with Crippen LogP contribution in [0, 0.1) is 0 Å². The summed E-state index contributed by atoms with van der Waals surface area (Å²) in [5.74, 6) is 0. The van der Waals surface area contributed by atoms with Gasteiger partial charge in [0.2, 0.25) is 0 Å². The van der Waals surface area contributed by atoms with Crippen molar-refractivity contribution in [2.45, 2.75) is 76.3 Å². The molecule has 0 bridgehead atoms. The van der Waals surface area contributed by atoms with Gasteiger partial charge in [0.05, 0.1) is 0 Å². The van der Waals surface area contributed by atoms with Crippen LogP contribution in [0.2, 0.25) is 3.63 Å². The molecule has 0 aromatic rings. The summed E-state index contributed by atoms with van der Waals surface area (Å²) < 4.78 is 4.98. The summed E-state index contributed by atoms with van der Waals surface area (Å²) in [5, 5.41) is 0. The van der Waals surface area contributed by atoms with E-state index in [9.17, 15) is 0 Å². The molecule has 2 heteroatoms. The van der Waals surface area contributed by atoms with Gasteiger partial charge in [0.1, 0.15) is 0 Å². The quantitative estimate of drug-likeness (QED) is 0.684. The molecule has 0 N–H and O–H groups in total. The van der Waals surface area contributed by atoms with E-state index >= 15 is 0 Å². The molecular weight excluding hydrogens is 367 g/mol. The van der Waals surface area contributed by atoms with Gasteiger partial charge in [-0.1, -0.05) is 0 Å². The number of halogens is 1. The fourth-order valence-electron chi connectivity index (χ4n) is 4.29. The monoisotopic (exact) mass is 394 g/mol. The summed E-state index contributed by atoms with van der Waals surface area (Å²) in [6.45, 7) is 9.46. The third kappa shape index (κ3) is 3.46. The Labute approximate surface area is 150 Å². The molecule has 120 valence electrons. The van der Waals surface area contributed by atoms with Gasteiger partial charge in [0, 0.05) is 0 Å². The van der Waals surface area contributed by atoms with Crippen LogP contribution in [0.4, 0.5) is 0 Å². The van der Waals surface area contributed by atoms with Gasteiger partial charge in [-0.05, 0) is 0 Å². The number of hydrogen-bond acceptors (Lipinski definition) is 0. The Morgan fingerprint density at radius 1 is 0.773 bits per heavy atom. The fraction of sp³-hybridized carbons (Fsp3) is 0.600. The van der Waals surface area contributed by atoms with E-state index in [1.807, 2.05) is 6.56 Å². The second-order valence-corrected chi connectivity index (χ2v) is 14.1. The molecule has 0 unspecified atom stereocenters. The van der Waals surface area contributed by atoms with Crippen LogP contribution >= 0.6 is 0 Å². The Bertz CT molecular complexity index is 514. The number of allylic oxidation sites excluding steroid dienone is 8. The topological polar surface area (TPSA) is 0 Å². The summed E-state index contributed by atoms with van der Waals surface area (Å²) >= 11 is -1.66. The molecule has 1 saturated carbocycles. The molecular formula is C20H29ClZr. The molecule has 1 fully saturated rings. The summed E-state index contributed by atoms with van der Waals surface area (Å²) in [6.07, 6.45) is 15.1. The van der Waals surface area contributed by atoms with E-state index in [4.69, 9.17) is 0 Å². The van der Waals surface area contributed by atoms with Crippen molar-refractivity contribution in [2.75, 3.05) is 0 Å². The van der Waals surface area contributed by atoms with Gasteiger partial charge in [-0.25, -0.2) is 0 Å². The van der Waals surface area contributed by atoms with Crippen molar-refractivity contribution in [2.24, 2.45) is 0 Å². The second kappa shape index (κ2) is 7.80. The fourth-order valence-corrected chi connectivity index (χ4v) is 14.6. The molecule has 0 radical (unpaired) electrons. The molecule has 3 aliphatic rings. The molecule has 0 saturated heterocycles. The van der Waals surface area contributed by atoms with Crippen molar-refractivity contribution < 1.29 is 34.2 Å². The predicted octanol–water partition coefficient (Wildman–Crippen LogP) is 3.61. The van der Waals surface area contributed by atoms with Gasteiger partial charge in [0.25, 0.3) is 0 Å². The second-order valence-electron chi connectivity index (χ2n) is 7.14. The van der Waals surface area contributed by atoms with Crippen LogP contribution in [0.5, 0.6) is 0 Å². The molecule has 0 aromatic heterocycles. The van der Waals surface area contributed by atoms with Crippen molar-refractivity contribution in [3.8, 4) is 0 Å². The maximum atomic E-state index is 2.50. The standard InChI is InChI=1S/2C7H9.C6H11.ClH.Zr/c2*1-6-4-3-5-7(6)2;1-2-4-6-5-3-1;;/h2*4H,3H2,1-2H3;1H,2-6H2;1H;/q;;;;+1/p-1. The van der Waals surface area contributed by atoms with Crippen LogP contribution in [0.3, 0.4) is 0 Å². The average molecular weight is 396 g/mol. The molecule has 0 amide bonds. The molecule has 0 heterocycles. The van der Waals surface area contributed by atoms with E-state index in [1.54, 1.807) is 22.3 Å². The largest absolute Gasteiger partial charge is 1.00 e. The van der Waals surface area contributed by atoms with Gasteiger partial charge in [-0.3, -0.25) is 0 Å². The molecule has 0 atom stereocenters. The third-order valence-electron chi connectivity index (χ3n) is 5.98. The maximum Gasteiger partial charge on any atom is -1.00 e. The van der Waals surface area contributed by atoms with E-state index in [2.05, 4.69) is 39.8 Å². The first-order valence-electron chi connectivity index (χ1n) is 8.71. The van der Waals surface area contributed by atoms with Gasteiger partial charge in [-0.2, -0.15) is 0 Å². The van der Waals surface area contributed by atoms with Gasteiger partial charge < -0.3 is 12.4 Å². The van der Waals surface area contributed by atoms with Gasteiger partial charge in [-0.15, -0.1) is 0 Å². The van der Waals surface area contributed by atoms with Crippen LogP contribution in [-0.2, 0) is 21.8 Å². The molecule has 0 nitrogen and oxygen atoms in total. The van der Waals surface area contributed by atoms with Crippen LogP contribution in [0.1, 0.15) is 72.6 Å². The van der Waals surface area contributed by atoms with E-state index < -0.39 is 21.8 Å². The summed E-state index contributed by atoms with van der Waals surface area (Å²) in [6, 6.07) is 0. The average Bonchev–Trinajstić information content (AvgIpc) is 2.99. The number of rotatable bonds is 3. The first kappa shape index (κ1) is 18.5. The van der Waals surface area contributed by atoms with Crippen LogP contribution in [0.15, 0.2) is 41.0 Å². The minimum Gasteiger partial charge on any atom is -1.00 e. The van der Waals surface area contributed by atoms with Crippen molar-refractivity contribution in [3.05, 3.63) is 41.0 Å². The Morgan fingerprint density at radius 3 is 1.59 bits per heavy atom. The molecule has 3 aliphatic carbocycles. The van der Waals surface area contributed by atoms with E-state index in [-0.39, 0.29) is 12.4 Å². The Morgan fingerprint density at radius 2 is 1.23 bits per heavy atom. The predicted molar refractivity (Wildman–Crippen MR) is 89.0 cm³/mol. The minimum absolute atomic E-state index is 0. The van der Waals surface area contributed by atoms with E-state index in [1.165, 1.54) is 44.9 Å². The first-order chi connectivity index (χ1) is 10.1. The van der Waals surface area contributed by atoms with Crippen LogP contribution in [-0.4, -0.2) is 0 Å². The summed E-state index contributed by atoms with van der Waals surface area (Å²) in [7, 11) is 0. The zero-order valence-corrected chi connectivity index (χ0v) is 17.8. The Balaban J connectivity index is 0.00000176. The van der Waals surface area contributed by atoms with Crippen molar-refractivity contribution >= 4 is 0 Å². The van der Waals surface area contributed by atoms with Crippen LogP contribution in [0.25, 0.3) is 0 Å². The number of hydrogen-bond donors (Lipinski definition) is 0. The first-order valence-corrected chi connectivity index (χ1v) is 12.6. The zero-order valence-electron chi connectivity index (χ0n) is 14.6. The molecule has 22 heavy (non-hydrogen) atoms. The molecule has 3 rings (SSSR count). The smallest absolute Gasteiger partial charge is 1.00 e. The SMILES string of the molecule is CC1=CC[C]([Zr+]([C]2=C(C)C(C)=CC2)[CH]2CCCCC2)=C1C.[Cl-]. The van der Waals surface area contributed by atoms with E-state index in [0.29, 0.717) is 0 Å². The Kier molecular flexibility index (Phi) is 6.55. The van der Waals surface area contributed by atoms with Crippen molar-refractivity contribution in [3.63, 3.8) is 0 Å². The Hall–Kier alpha value is 0.133. The van der Waals surface area contributed by atoms with Crippen molar-refractivity contribution in [1.29, 1.82) is 0 Å². The third-order valence-corrected chi connectivity index (χ3v) is 15.4. The van der Waals surface area contributed by atoms with Crippen molar-refractivity contribution in [1.82, 2.24) is 0 Å². The normalized spacial score (nSPS) is 22.7. The minimum atomic E-state index is -1.66. The molecule has 0 spiro atoms. The molecule has 0 aromatic carbocycles. The van der Waals surface area contributed by atoms with Gasteiger partial charge in [0.15, 0.2) is 0 Å².